The van der Waals surface area contributed by atoms with Crippen LogP contribution in [0.3, 0.4) is 0 Å². The van der Waals surface area contributed by atoms with E-state index in [9.17, 15) is 18.4 Å². The third kappa shape index (κ3) is 6.42. The molecule has 1 atom stereocenters. The van der Waals surface area contributed by atoms with Crippen molar-refractivity contribution in [1.82, 2.24) is 15.2 Å². The van der Waals surface area contributed by atoms with Crippen LogP contribution in [-0.2, 0) is 11.3 Å². The van der Waals surface area contributed by atoms with Crippen molar-refractivity contribution >= 4 is 11.8 Å². The van der Waals surface area contributed by atoms with E-state index in [1.165, 1.54) is 41.3 Å². The van der Waals surface area contributed by atoms with Gasteiger partial charge in [-0.25, -0.2) is 8.78 Å². The van der Waals surface area contributed by atoms with Gasteiger partial charge in [0, 0.05) is 18.3 Å². The second-order valence-corrected chi connectivity index (χ2v) is 10.0. The van der Waals surface area contributed by atoms with Gasteiger partial charge in [-0.15, -0.1) is 0 Å². The van der Waals surface area contributed by atoms with E-state index in [0.717, 1.165) is 43.4 Å². The zero-order valence-electron chi connectivity index (χ0n) is 21.6. The minimum Gasteiger partial charge on any atom is -0.351 e. The molecule has 5 nitrogen and oxygen atoms in total. The predicted octanol–water partition coefficient (Wildman–Crippen LogP) is 6.79. The second kappa shape index (κ2) is 12.1. The van der Waals surface area contributed by atoms with Gasteiger partial charge >= 0.3 is 0 Å². The summed E-state index contributed by atoms with van der Waals surface area (Å²) in [6.45, 7) is 0.0545. The number of nitrogens with zero attached hydrogens (tertiary/aromatic N) is 1. The summed E-state index contributed by atoms with van der Waals surface area (Å²) in [7, 11) is 0. The molecule has 7 heteroatoms. The van der Waals surface area contributed by atoms with Crippen LogP contribution in [0.5, 0.6) is 0 Å². The Balaban J connectivity index is 1.53. The highest BCUT2D eigenvalue weighted by molar-refractivity contribution is 5.97. The van der Waals surface area contributed by atoms with Gasteiger partial charge in [-0.05, 0) is 65.9 Å². The molecule has 1 saturated carbocycles. The number of benzene rings is 3. The van der Waals surface area contributed by atoms with Gasteiger partial charge < -0.3 is 15.2 Å². The molecule has 0 bridgehead atoms. The van der Waals surface area contributed by atoms with Gasteiger partial charge in [0.1, 0.15) is 23.4 Å². The zero-order chi connectivity index (χ0) is 27.2. The first kappa shape index (κ1) is 26.4. The van der Waals surface area contributed by atoms with Gasteiger partial charge in [-0.1, -0.05) is 73.9 Å². The van der Waals surface area contributed by atoms with Crippen LogP contribution in [0.15, 0.2) is 91.0 Å². The molecule has 2 N–H and O–H groups in total. The predicted molar refractivity (Wildman–Crippen MR) is 147 cm³/mol. The summed E-state index contributed by atoms with van der Waals surface area (Å²) < 4.78 is 27.6. The lowest BCUT2D eigenvalue weighted by molar-refractivity contribution is -0.127. The van der Waals surface area contributed by atoms with Crippen LogP contribution in [-0.4, -0.2) is 27.7 Å². The Bertz CT molecular complexity index is 1400. The summed E-state index contributed by atoms with van der Waals surface area (Å²) >= 11 is 0. The number of halogens is 2. The second-order valence-electron chi connectivity index (χ2n) is 10.0. The van der Waals surface area contributed by atoms with Crippen molar-refractivity contribution in [3.05, 3.63) is 119 Å². The Labute approximate surface area is 226 Å². The van der Waals surface area contributed by atoms with Crippen LogP contribution in [0.4, 0.5) is 8.78 Å². The fourth-order valence-electron chi connectivity index (χ4n) is 5.17. The molecule has 2 amide bonds. The van der Waals surface area contributed by atoms with E-state index in [-0.39, 0.29) is 18.5 Å². The molecule has 5 rings (SSSR count). The number of rotatable bonds is 8. The van der Waals surface area contributed by atoms with E-state index < -0.39 is 23.6 Å². The first-order chi connectivity index (χ1) is 19.0. The summed E-state index contributed by atoms with van der Waals surface area (Å²) in [5, 5.41) is 3.15. The average molecular weight is 528 g/mol. The van der Waals surface area contributed by atoms with E-state index in [2.05, 4.69) is 10.3 Å². The molecule has 1 aliphatic rings. The van der Waals surface area contributed by atoms with Gasteiger partial charge in [0.25, 0.3) is 5.91 Å². The van der Waals surface area contributed by atoms with Gasteiger partial charge in [0.2, 0.25) is 5.91 Å². The standard InChI is InChI=1S/C32H31F2N3O2/c33-25-15-11-22(12-16-25)21-37(32(39)29-20-19-28(36-29)23-7-3-1-4-8-23)30(24-13-17-26(34)18-14-24)31(38)35-27-9-5-2-6-10-27/h1,3-4,7-8,11-20,27,30,36H,2,5-6,9-10,21H2,(H,35,38)/t30-/m1/s1. The number of aromatic nitrogens is 1. The van der Waals surface area contributed by atoms with Crippen LogP contribution in [0, 0.1) is 11.6 Å². The molecule has 1 aromatic heterocycles. The maximum Gasteiger partial charge on any atom is 0.271 e. The maximum atomic E-state index is 14.1. The number of hydrogen-bond acceptors (Lipinski definition) is 2. The SMILES string of the molecule is O=C(NC1CCCCC1)[C@@H](c1ccc(F)cc1)N(Cc1ccc(F)cc1)C(=O)c1ccc(-c2ccccc2)[nH]1. The molecule has 39 heavy (non-hydrogen) atoms. The van der Waals surface area contributed by atoms with E-state index >= 15 is 0 Å². The van der Waals surface area contributed by atoms with Crippen LogP contribution in [0.25, 0.3) is 11.3 Å². The van der Waals surface area contributed by atoms with E-state index in [1.807, 2.05) is 36.4 Å². The van der Waals surface area contributed by atoms with Crippen LogP contribution in [0.1, 0.15) is 59.8 Å². The Hall–Kier alpha value is -4.26. The van der Waals surface area contributed by atoms with Gasteiger partial charge in [-0.2, -0.15) is 0 Å². The third-order valence-electron chi connectivity index (χ3n) is 7.23. The molecule has 1 heterocycles. The average Bonchev–Trinajstić information content (AvgIpc) is 3.46. The first-order valence-electron chi connectivity index (χ1n) is 13.3. The third-order valence-corrected chi connectivity index (χ3v) is 7.23. The topological polar surface area (TPSA) is 65.2 Å². The van der Waals surface area contributed by atoms with E-state index in [0.29, 0.717) is 16.8 Å². The molecular formula is C32H31F2N3O2. The summed E-state index contributed by atoms with van der Waals surface area (Å²) in [4.78, 5) is 32.7. The van der Waals surface area contributed by atoms with Crippen molar-refractivity contribution in [3.63, 3.8) is 0 Å². The lowest BCUT2D eigenvalue weighted by atomic mass is 9.94. The van der Waals surface area contributed by atoms with Crippen molar-refractivity contribution in [2.45, 2.75) is 50.7 Å². The first-order valence-corrected chi connectivity index (χ1v) is 13.3. The van der Waals surface area contributed by atoms with Crippen molar-refractivity contribution < 1.29 is 18.4 Å². The van der Waals surface area contributed by atoms with Gasteiger partial charge in [-0.3, -0.25) is 9.59 Å². The number of nitrogens with one attached hydrogen (secondary N) is 2. The monoisotopic (exact) mass is 527 g/mol. The number of amides is 2. The fourth-order valence-corrected chi connectivity index (χ4v) is 5.17. The molecular weight excluding hydrogens is 496 g/mol. The number of H-pyrrole nitrogens is 1. The molecule has 200 valence electrons. The number of hydrogen-bond donors (Lipinski definition) is 2. The van der Waals surface area contributed by atoms with E-state index in [1.54, 1.807) is 18.2 Å². The van der Waals surface area contributed by atoms with Crippen molar-refractivity contribution in [3.8, 4) is 11.3 Å². The molecule has 0 saturated heterocycles. The molecule has 1 fully saturated rings. The maximum absolute atomic E-state index is 14.1. The summed E-state index contributed by atoms with van der Waals surface area (Å²) in [6, 6.07) is 23.7. The smallest absolute Gasteiger partial charge is 0.271 e. The van der Waals surface area contributed by atoms with Gasteiger partial charge in [0.05, 0.1) is 0 Å². The minimum absolute atomic E-state index is 0.0205. The molecule has 1 aliphatic carbocycles. The Morgan fingerprint density at radius 1 is 0.821 bits per heavy atom. The largest absolute Gasteiger partial charge is 0.351 e. The zero-order valence-corrected chi connectivity index (χ0v) is 21.6. The van der Waals surface area contributed by atoms with Crippen molar-refractivity contribution in [1.29, 1.82) is 0 Å². The number of carbonyl (C=O) groups is 2. The Morgan fingerprint density at radius 2 is 1.46 bits per heavy atom. The van der Waals surface area contributed by atoms with Crippen LogP contribution >= 0.6 is 0 Å². The Kier molecular flexibility index (Phi) is 8.16. The van der Waals surface area contributed by atoms with Gasteiger partial charge in [0.15, 0.2) is 0 Å². The van der Waals surface area contributed by atoms with Crippen LogP contribution < -0.4 is 5.32 Å². The normalized spacial score (nSPS) is 14.5. The molecule has 0 aliphatic heterocycles. The molecule has 0 radical (unpaired) electrons. The fraction of sp³-hybridized carbons (Fsp3) is 0.250. The summed E-state index contributed by atoms with van der Waals surface area (Å²) in [6.07, 6.45) is 4.97. The van der Waals surface area contributed by atoms with Crippen molar-refractivity contribution in [2.24, 2.45) is 0 Å². The van der Waals surface area contributed by atoms with Crippen LogP contribution in [0.2, 0.25) is 0 Å². The molecule has 3 aromatic carbocycles. The highest BCUT2D eigenvalue weighted by Gasteiger charge is 2.34. The Morgan fingerprint density at radius 3 is 2.13 bits per heavy atom. The molecule has 0 spiro atoms. The lowest BCUT2D eigenvalue weighted by Gasteiger charge is -2.33. The number of carbonyl (C=O) groups excluding carboxylic acids is 2. The number of aromatic amines is 1. The lowest BCUT2D eigenvalue weighted by Crippen LogP contribution is -2.47. The van der Waals surface area contributed by atoms with E-state index in [4.69, 9.17) is 0 Å². The highest BCUT2D eigenvalue weighted by atomic mass is 19.1. The summed E-state index contributed by atoms with van der Waals surface area (Å²) in [5.41, 5.74) is 3.16. The quantitative estimate of drug-likeness (QED) is 0.265. The molecule has 4 aromatic rings. The highest BCUT2D eigenvalue weighted by Crippen LogP contribution is 2.28. The molecule has 0 unspecified atom stereocenters. The summed E-state index contributed by atoms with van der Waals surface area (Å²) in [5.74, 6) is -1.54. The minimum atomic E-state index is -1.02. The van der Waals surface area contributed by atoms with Crippen molar-refractivity contribution in [2.75, 3.05) is 0 Å².